The van der Waals surface area contributed by atoms with Gasteiger partial charge in [-0.05, 0) is 35.7 Å². The minimum absolute atomic E-state index is 0.298. The molecular weight excluding hydrogens is 305 g/mol. The maximum atomic E-state index is 12.4. The fourth-order valence-corrected chi connectivity index (χ4v) is 3.30. The van der Waals surface area contributed by atoms with Crippen LogP contribution in [0.2, 0.25) is 0 Å². The van der Waals surface area contributed by atoms with Crippen LogP contribution in [0.25, 0.3) is 0 Å². The first kappa shape index (κ1) is 15.5. The fourth-order valence-electron chi connectivity index (χ4n) is 1.82. The van der Waals surface area contributed by atoms with Crippen LogP contribution >= 0.6 is 22.7 Å². The van der Waals surface area contributed by atoms with E-state index in [9.17, 15) is 13.2 Å². The van der Waals surface area contributed by atoms with Gasteiger partial charge in [0.05, 0.1) is 5.01 Å². The van der Waals surface area contributed by atoms with Crippen LogP contribution in [0.15, 0.2) is 22.2 Å². The number of hydrogen-bond acceptors (Lipinski definition) is 4. The summed E-state index contributed by atoms with van der Waals surface area (Å²) in [6, 6.07) is 2.38. The SMILES string of the molecule is C[C@@H](Cc1ccsc1)NCCc1nc(C(F)(F)F)cs1. The van der Waals surface area contributed by atoms with Crippen molar-refractivity contribution in [3.63, 3.8) is 0 Å². The molecule has 0 amide bonds. The van der Waals surface area contributed by atoms with Gasteiger partial charge in [-0.1, -0.05) is 0 Å². The number of thiazole rings is 1. The quantitative estimate of drug-likeness (QED) is 0.870. The van der Waals surface area contributed by atoms with Gasteiger partial charge in [0.2, 0.25) is 0 Å². The van der Waals surface area contributed by atoms with Gasteiger partial charge < -0.3 is 5.32 Å². The molecule has 0 spiro atoms. The lowest BCUT2D eigenvalue weighted by Gasteiger charge is -2.12. The molecule has 0 aliphatic heterocycles. The van der Waals surface area contributed by atoms with E-state index >= 15 is 0 Å². The van der Waals surface area contributed by atoms with Crippen molar-refractivity contribution in [2.24, 2.45) is 0 Å². The van der Waals surface area contributed by atoms with Gasteiger partial charge in [-0.25, -0.2) is 4.98 Å². The van der Waals surface area contributed by atoms with Crippen LogP contribution in [0.1, 0.15) is 23.2 Å². The maximum Gasteiger partial charge on any atom is 0.434 e. The summed E-state index contributed by atoms with van der Waals surface area (Å²) in [5.41, 5.74) is 0.493. The molecule has 0 saturated carbocycles. The molecule has 0 saturated heterocycles. The monoisotopic (exact) mass is 320 g/mol. The van der Waals surface area contributed by atoms with Crippen molar-refractivity contribution in [3.8, 4) is 0 Å². The summed E-state index contributed by atoms with van der Waals surface area (Å²) in [5, 5.41) is 9.05. The summed E-state index contributed by atoms with van der Waals surface area (Å²) in [6.07, 6.45) is -2.89. The van der Waals surface area contributed by atoms with Crippen LogP contribution in [0.5, 0.6) is 0 Å². The Morgan fingerprint density at radius 3 is 2.75 bits per heavy atom. The second-order valence-electron chi connectivity index (χ2n) is 4.57. The highest BCUT2D eigenvalue weighted by Crippen LogP contribution is 2.29. The number of rotatable bonds is 6. The second-order valence-corrected chi connectivity index (χ2v) is 6.29. The van der Waals surface area contributed by atoms with E-state index in [2.05, 4.69) is 28.7 Å². The zero-order valence-electron chi connectivity index (χ0n) is 10.9. The molecule has 0 bridgehead atoms. The van der Waals surface area contributed by atoms with Crippen LogP contribution in [-0.2, 0) is 19.0 Å². The van der Waals surface area contributed by atoms with Crippen LogP contribution in [0, 0.1) is 0 Å². The Kier molecular flexibility index (Phi) is 5.17. The molecule has 2 heterocycles. The standard InChI is InChI=1S/C13H15F3N2S2/c1-9(6-10-3-5-19-7-10)17-4-2-12-18-11(8-20-12)13(14,15)16/h3,5,7-9,17H,2,4,6H2,1H3/t9-/m0/s1. The maximum absolute atomic E-state index is 12.4. The third-order valence-electron chi connectivity index (χ3n) is 2.80. The van der Waals surface area contributed by atoms with Gasteiger partial charge >= 0.3 is 6.18 Å². The molecule has 0 aromatic carbocycles. The zero-order chi connectivity index (χ0) is 14.6. The summed E-state index contributed by atoms with van der Waals surface area (Å²) in [4.78, 5) is 3.61. The van der Waals surface area contributed by atoms with Crippen molar-refractivity contribution in [1.29, 1.82) is 0 Å². The molecule has 2 rings (SSSR count). The van der Waals surface area contributed by atoms with Crippen molar-refractivity contribution in [2.45, 2.75) is 32.0 Å². The first-order valence-electron chi connectivity index (χ1n) is 6.21. The van der Waals surface area contributed by atoms with Crippen LogP contribution < -0.4 is 5.32 Å². The molecule has 0 aliphatic rings. The van der Waals surface area contributed by atoms with Crippen molar-refractivity contribution in [2.75, 3.05) is 6.54 Å². The first-order valence-corrected chi connectivity index (χ1v) is 8.03. The highest BCUT2D eigenvalue weighted by atomic mass is 32.1. The second kappa shape index (κ2) is 6.69. The molecule has 0 radical (unpaired) electrons. The summed E-state index contributed by atoms with van der Waals surface area (Å²) in [5.74, 6) is 0. The normalized spacial score (nSPS) is 13.6. The number of hydrogen-bond donors (Lipinski definition) is 1. The highest BCUT2D eigenvalue weighted by Gasteiger charge is 2.33. The van der Waals surface area contributed by atoms with Gasteiger partial charge in [0.15, 0.2) is 5.69 Å². The Labute approximate surface area is 123 Å². The van der Waals surface area contributed by atoms with E-state index in [1.807, 2.05) is 5.38 Å². The van der Waals surface area contributed by atoms with E-state index in [4.69, 9.17) is 0 Å². The minimum atomic E-state index is -4.34. The molecule has 1 atom stereocenters. The molecule has 1 N–H and O–H groups in total. The lowest BCUT2D eigenvalue weighted by molar-refractivity contribution is -0.140. The van der Waals surface area contributed by atoms with E-state index < -0.39 is 11.9 Å². The largest absolute Gasteiger partial charge is 0.434 e. The van der Waals surface area contributed by atoms with E-state index in [-0.39, 0.29) is 0 Å². The van der Waals surface area contributed by atoms with Crippen LogP contribution in [0.4, 0.5) is 13.2 Å². The van der Waals surface area contributed by atoms with E-state index in [1.165, 1.54) is 5.56 Å². The zero-order valence-corrected chi connectivity index (χ0v) is 12.5. The van der Waals surface area contributed by atoms with Crippen molar-refractivity contribution < 1.29 is 13.2 Å². The molecule has 7 heteroatoms. The predicted octanol–water partition coefficient (Wildman–Crippen LogP) is 3.99. The van der Waals surface area contributed by atoms with Gasteiger partial charge in [-0.15, -0.1) is 11.3 Å². The third-order valence-corrected chi connectivity index (χ3v) is 4.44. The van der Waals surface area contributed by atoms with Gasteiger partial charge in [-0.2, -0.15) is 24.5 Å². The number of halogens is 3. The van der Waals surface area contributed by atoms with E-state index in [0.29, 0.717) is 24.0 Å². The Hall–Kier alpha value is -0.920. The Morgan fingerprint density at radius 2 is 2.15 bits per heavy atom. The number of aromatic nitrogens is 1. The first-order chi connectivity index (χ1) is 9.45. The topological polar surface area (TPSA) is 24.9 Å². The Balaban J connectivity index is 1.74. The third kappa shape index (κ3) is 4.57. The van der Waals surface area contributed by atoms with Crippen LogP contribution in [-0.4, -0.2) is 17.6 Å². The summed E-state index contributed by atoms with van der Waals surface area (Å²) < 4.78 is 37.2. The molecule has 110 valence electrons. The Morgan fingerprint density at radius 1 is 1.35 bits per heavy atom. The van der Waals surface area contributed by atoms with E-state index in [0.717, 1.165) is 23.1 Å². The van der Waals surface area contributed by atoms with E-state index in [1.54, 1.807) is 11.3 Å². The smallest absolute Gasteiger partial charge is 0.314 e. The molecule has 20 heavy (non-hydrogen) atoms. The Bertz CT molecular complexity index is 520. The van der Waals surface area contributed by atoms with Gasteiger partial charge in [0.1, 0.15) is 0 Å². The van der Waals surface area contributed by atoms with Crippen molar-refractivity contribution >= 4 is 22.7 Å². The summed E-state index contributed by atoms with van der Waals surface area (Å²) >= 11 is 2.73. The fraction of sp³-hybridized carbons (Fsp3) is 0.462. The predicted molar refractivity (Wildman–Crippen MR) is 76.3 cm³/mol. The summed E-state index contributed by atoms with van der Waals surface area (Å²) in [7, 11) is 0. The average molecular weight is 320 g/mol. The van der Waals surface area contributed by atoms with Crippen molar-refractivity contribution in [1.82, 2.24) is 10.3 Å². The average Bonchev–Trinajstić information content (AvgIpc) is 2.98. The molecule has 0 unspecified atom stereocenters. The lowest BCUT2D eigenvalue weighted by atomic mass is 10.1. The van der Waals surface area contributed by atoms with Crippen molar-refractivity contribution in [3.05, 3.63) is 38.5 Å². The number of thiophene rings is 1. The van der Waals surface area contributed by atoms with Gasteiger partial charge in [0.25, 0.3) is 0 Å². The molecular formula is C13H15F3N2S2. The molecule has 0 fully saturated rings. The lowest BCUT2D eigenvalue weighted by Crippen LogP contribution is -2.29. The minimum Gasteiger partial charge on any atom is -0.314 e. The molecule has 2 nitrogen and oxygen atoms in total. The number of alkyl halides is 3. The number of nitrogens with zero attached hydrogens (tertiary/aromatic N) is 1. The molecule has 2 aromatic heterocycles. The molecule has 2 aromatic rings. The summed E-state index contributed by atoms with van der Waals surface area (Å²) in [6.45, 7) is 2.71. The molecule has 0 aliphatic carbocycles. The van der Waals surface area contributed by atoms with Crippen LogP contribution in [0.3, 0.4) is 0 Å². The number of nitrogens with one attached hydrogen (secondary N) is 1. The highest BCUT2D eigenvalue weighted by molar-refractivity contribution is 7.09. The van der Waals surface area contributed by atoms with Gasteiger partial charge in [-0.3, -0.25) is 0 Å². The van der Waals surface area contributed by atoms with Gasteiger partial charge in [0, 0.05) is 24.4 Å².